The topological polar surface area (TPSA) is 12.9 Å². The molecule has 0 fully saturated rings. The molecule has 1 aromatic heterocycles. The SMILES string of the molecule is Clc1ccc(-c2cc(Br)ns2)cc1. The molecule has 0 aliphatic carbocycles. The highest BCUT2D eigenvalue weighted by atomic mass is 79.9. The van der Waals surface area contributed by atoms with Crippen LogP contribution < -0.4 is 0 Å². The Morgan fingerprint density at radius 2 is 1.92 bits per heavy atom. The van der Waals surface area contributed by atoms with E-state index in [1.165, 1.54) is 11.5 Å². The standard InChI is InChI=1S/C9H5BrClNS/c10-9-5-8(13-12-9)6-1-3-7(11)4-2-6/h1-5H. The number of nitrogens with zero attached hydrogens (tertiary/aromatic N) is 1. The molecule has 0 aliphatic heterocycles. The average molecular weight is 275 g/mol. The second kappa shape index (κ2) is 3.78. The third-order valence-corrected chi connectivity index (χ3v) is 3.34. The average Bonchev–Trinajstić information content (AvgIpc) is 2.53. The maximum absolute atomic E-state index is 5.78. The molecule has 1 nitrogen and oxygen atoms in total. The number of halogens is 2. The maximum Gasteiger partial charge on any atom is 0.120 e. The summed E-state index contributed by atoms with van der Waals surface area (Å²) < 4.78 is 5.02. The van der Waals surface area contributed by atoms with Gasteiger partial charge < -0.3 is 0 Å². The normalized spacial score (nSPS) is 10.3. The van der Waals surface area contributed by atoms with Gasteiger partial charge >= 0.3 is 0 Å². The fourth-order valence-electron chi connectivity index (χ4n) is 1.00. The second-order valence-electron chi connectivity index (χ2n) is 2.52. The Hall–Kier alpha value is -0.380. The van der Waals surface area contributed by atoms with Crippen molar-refractivity contribution in [3.05, 3.63) is 40.0 Å². The van der Waals surface area contributed by atoms with Gasteiger partial charge in [0.25, 0.3) is 0 Å². The zero-order chi connectivity index (χ0) is 9.26. The Morgan fingerprint density at radius 1 is 1.23 bits per heavy atom. The van der Waals surface area contributed by atoms with E-state index in [9.17, 15) is 0 Å². The Labute approximate surface area is 93.7 Å². The molecule has 0 spiro atoms. The summed E-state index contributed by atoms with van der Waals surface area (Å²) in [7, 11) is 0. The summed E-state index contributed by atoms with van der Waals surface area (Å²) in [4.78, 5) is 1.14. The number of benzene rings is 1. The van der Waals surface area contributed by atoms with E-state index in [0.717, 1.165) is 20.1 Å². The van der Waals surface area contributed by atoms with Gasteiger partial charge in [0.1, 0.15) is 4.60 Å². The fourth-order valence-corrected chi connectivity index (χ4v) is 2.37. The summed E-state index contributed by atoms with van der Waals surface area (Å²) >= 11 is 10.6. The Balaban J connectivity index is 2.41. The van der Waals surface area contributed by atoms with Crippen LogP contribution in [-0.4, -0.2) is 4.37 Å². The summed E-state index contributed by atoms with van der Waals surface area (Å²) in [6.07, 6.45) is 0. The lowest BCUT2D eigenvalue weighted by Gasteiger charge is -1.94. The summed E-state index contributed by atoms with van der Waals surface area (Å²) in [5.41, 5.74) is 1.15. The molecule has 0 unspecified atom stereocenters. The van der Waals surface area contributed by atoms with E-state index in [1.807, 2.05) is 30.3 Å². The molecule has 0 atom stereocenters. The minimum absolute atomic E-state index is 0.757. The first-order valence-electron chi connectivity index (χ1n) is 3.64. The molecule has 66 valence electrons. The summed E-state index contributed by atoms with van der Waals surface area (Å²) in [5.74, 6) is 0. The van der Waals surface area contributed by atoms with Gasteiger partial charge in [-0.1, -0.05) is 23.7 Å². The monoisotopic (exact) mass is 273 g/mol. The largest absolute Gasteiger partial charge is 0.185 e. The molecule has 0 saturated heterocycles. The van der Waals surface area contributed by atoms with E-state index < -0.39 is 0 Å². The summed E-state index contributed by atoms with van der Waals surface area (Å²) in [6.45, 7) is 0. The lowest BCUT2D eigenvalue weighted by molar-refractivity contribution is 1.50. The van der Waals surface area contributed by atoms with Gasteiger partial charge in [0.15, 0.2) is 0 Å². The molecule has 4 heteroatoms. The van der Waals surface area contributed by atoms with Crippen LogP contribution in [0.1, 0.15) is 0 Å². The van der Waals surface area contributed by atoms with Crippen LogP contribution in [0.15, 0.2) is 34.9 Å². The van der Waals surface area contributed by atoms with Crippen LogP contribution in [0, 0.1) is 0 Å². The van der Waals surface area contributed by atoms with E-state index in [-0.39, 0.29) is 0 Å². The van der Waals surface area contributed by atoms with E-state index in [1.54, 1.807) is 0 Å². The molecule has 0 bridgehead atoms. The summed E-state index contributed by atoms with van der Waals surface area (Å²) in [6, 6.07) is 9.73. The first-order chi connectivity index (χ1) is 6.25. The number of rotatable bonds is 1. The van der Waals surface area contributed by atoms with Gasteiger partial charge in [-0.25, -0.2) is 0 Å². The number of hydrogen-bond acceptors (Lipinski definition) is 2. The molecule has 2 aromatic rings. The van der Waals surface area contributed by atoms with Crippen LogP contribution >= 0.6 is 39.1 Å². The highest BCUT2D eigenvalue weighted by molar-refractivity contribution is 9.10. The Morgan fingerprint density at radius 3 is 2.46 bits per heavy atom. The molecule has 13 heavy (non-hydrogen) atoms. The minimum Gasteiger partial charge on any atom is -0.185 e. The highest BCUT2D eigenvalue weighted by Crippen LogP contribution is 2.27. The van der Waals surface area contributed by atoms with Gasteiger partial charge in [0.05, 0.1) is 4.88 Å². The van der Waals surface area contributed by atoms with Crippen molar-refractivity contribution < 1.29 is 0 Å². The first kappa shape index (κ1) is 9.19. The molecule has 0 amide bonds. The van der Waals surface area contributed by atoms with Crippen LogP contribution in [-0.2, 0) is 0 Å². The highest BCUT2D eigenvalue weighted by Gasteiger charge is 2.01. The first-order valence-corrected chi connectivity index (χ1v) is 5.58. The van der Waals surface area contributed by atoms with Crippen molar-refractivity contribution in [1.29, 1.82) is 0 Å². The Bertz CT molecular complexity index is 410. The molecule has 0 saturated carbocycles. The molecular weight excluding hydrogens is 270 g/mol. The molecular formula is C9H5BrClNS. The van der Waals surface area contributed by atoms with Gasteiger partial charge in [-0.15, -0.1) is 0 Å². The molecule has 1 heterocycles. The minimum atomic E-state index is 0.757. The zero-order valence-corrected chi connectivity index (χ0v) is 9.66. The van der Waals surface area contributed by atoms with Crippen LogP contribution in [0.3, 0.4) is 0 Å². The van der Waals surface area contributed by atoms with Crippen molar-refractivity contribution in [1.82, 2.24) is 4.37 Å². The van der Waals surface area contributed by atoms with Crippen LogP contribution in [0.5, 0.6) is 0 Å². The lowest BCUT2D eigenvalue weighted by atomic mass is 10.2. The van der Waals surface area contributed by atoms with E-state index >= 15 is 0 Å². The van der Waals surface area contributed by atoms with E-state index in [0.29, 0.717) is 0 Å². The van der Waals surface area contributed by atoms with E-state index in [4.69, 9.17) is 11.6 Å². The van der Waals surface area contributed by atoms with Crippen molar-refractivity contribution in [2.45, 2.75) is 0 Å². The third kappa shape index (κ3) is 2.10. The van der Waals surface area contributed by atoms with Gasteiger partial charge in [0.2, 0.25) is 0 Å². The smallest absolute Gasteiger partial charge is 0.120 e. The van der Waals surface area contributed by atoms with Crippen LogP contribution in [0.2, 0.25) is 5.02 Å². The molecule has 0 aliphatic rings. The molecule has 0 radical (unpaired) electrons. The second-order valence-corrected chi connectivity index (χ2v) is 4.57. The number of hydrogen-bond donors (Lipinski definition) is 0. The van der Waals surface area contributed by atoms with Gasteiger partial charge in [-0.05, 0) is 51.2 Å². The number of aromatic nitrogens is 1. The predicted molar refractivity (Wildman–Crippen MR) is 60.3 cm³/mol. The molecule has 2 rings (SSSR count). The Kier molecular flexibility index (Phi) is 2.67. The van der Waals surface area contributed by atoms with Gasteiger partial charge in [-0.3, -0.25) is 0 Å². The van der Waals surface area contributed by atoms with Crippen molar-refractivity contribution in [3.8, 4) is 10.4 Å². The molecule has 0 N–H and O–H groups in total. The van der Waals surface area contributed by atoms with E-state index in [2.05, 4.69) is 20.3 Å². The van der Waals surface area contributed by atoms with Crippen molar-refractivity contribution in [2.24, 2.45) is 0 Å². The van der Waals surface area contributed by atoms with Crippen LogP contribution in [0.4, 0.5) is 0 Å². The molecule has 1 aromatic carbocycles. The van der Waals surface area contributed by atoms with Crippen LogP contribution in [0.25, 0.3) is 10.4 Å². The van der Waals surface area contributed by atoms with Crippen molar-refractivity contribution in [3.63, 3.8) is 0 Å². The zero-order valence-electron chi connectivity index (χ0n) is 6.50. The van der Waals surface area contributed by atoms with Crippen molar-refractivity contribution >= 4 is 39.1 Å². The predicted octanol–water partition coefficient (Wildman–Crippen LogP) is 4.23. The lowest BCUT2D eigenvalue weighted by Crippen LogP contribution is -1.69. The third-order valence-electron chi connectivity index (χ3n) is 1.61. The van der Waals surface area contributed by atoms with Gasteiger partial charge in [0, 0.05) is 5.02 Å². The van der Waals surface area contributed by atoms with Gasteiger partial charge in [-0.2, -0.15) is 4.37 Å². The fraction of sp³-hybridized carbons (Fsp3) is 0. The maximum atomic E-state index is 5.78. The van der Waals surface area contributed by atoms with Crippen molar-refractivity contribution in [2.75, 3.05) is 0 Å². The summed E-state index contributed by atoms with van der Waals surface area (Å²) in [5, 5.41) is 0.757. The quantitative estimate of drug-likeness (QED) is 0.758.